The smallest absolute Gasteiger partial charge is 0.378 e. The highest BCUT2D eigenvalue weighted by molar-refractivity contribution is 7.88. The van der Waals surface area contributed by atoms with Crippen LogP contribution < -0.4 is 0 Å². The average molecular weight is 340 g/mol. The van der Waals surface area contributed by atoms with Crippen LogP contribution in [0.15, 0.2) is 0 Å². The van der Waals surface area contributed by atoms with Crippen molar-refractivity contribution in [2.24, 2.45) is 5.92 Å². The average Bonchev–Trinajstić information content (AvgIpc) is 2.37. The molecule has 0 aliphatic heterocycles. The van der Waals surface area contributed by atoms with Crippen LogP contribution in [0.1, 0.15) is 32.1 Å². The molecule has 1 rings (SSSR count). The van der Waals surface area contributed by atoms with E-state index in [2.05, 4.69) is 4.18 Å². The van der Waals surface area contributed by atoms with E-state index in [1.54, 1.807) is 0 Å². The maximum absolute atomic E-state index is 13.2. The van der Waals surface area contributed by atoms with Crippen molar-refractivity contribution < 1.29 is 44.5 Å². The van der Waals surface area contributed by atoms with Gasteiger partial charge in [0.1, 0.15) is 0 Å². The van der Waals surface area contributed by atoms with E-state index in [0.29, 0.717) is 12.8 Å². The minimum Gasteiger partial charge on any atom is -0.378 e. The summed E-state index contributed by atoms with van der Waals surface area (Å²) in [7, 11) is -6.24. The lowest BCUT2D eigenvalue weighted by Crippen LogP contribution is -2.51. The standard InChI is InChI=1S/C10H13F5O5S/c11-9(12,13)8(17)10(14,15)21(18,19)20-7(16)6-4-2-1-3-5-6/h6,8,17H,1-5H2. The summed E-state index contributed by atoms with van der Waals surface area (Å²) in [6.07, 6.45) is -8.05. The number of hydrogen-bond donors (Lipinski definition) is 1. The molecule has 1 N–H and O–H groups in total. The lowest BCUT2D eigenvalue weighted by Gasteiger charge is -2.25. The van der Waals surface area contributed by atoms with Crippen LogP contribution in [0.3, 0.4) is 0 Å². The van der Waals surface area contributed by atoms with E-state index >= 15 is 0 Å². The molecule has 1 unspecified atom stereocenters. The van der Waals surface area contributed by atoms with E-state index in [1.165, 1.54) is 0 Å². The molecule has 1 fully saturated rings. The molecule has 0 aromatic carbocycles. The first kappa shape index (κ1) is 18.1. The van der Waals surface area contributed by atoms with Crippen molar-refractivity contribution in [1.82, 2.24) is 0 Å². The molecule has 0 aromatic rings. The van der Waals surface area contributed by atoms with E-state index in [9.17, 15) is 35.2 Å². The summed E-state index contributed by atoms with van der Waals surface area (Å²) in [4.78, 5) is 11.4. The van der Waals surface area contributed by atoms with Gasteiger partial charge in [0, 0.05) is 0 Å². The zero-order chi connectivity index (χ0) is 16.5. The van der Waals surface area contributed by atoms with Gasteiger partial charge in [0.15, 0.2) is 0 Å². The molecule has 124 valence electrons. The summed E-state index contributed by atoms with van der Waals surface area (Å²) in [5.41, 5.74) is 0. The van der Waals surface area contributed by atoms with Crippen LogP contribution in [0.2, 0.25) is 0 Å². The Hall–Kier alpha value is -0.970. The van der Waals surface area contributed by atoms with Crippen molar-refractivity contribution in [2.75, 3.05) is 0 Å². The maximum Gasteiger partial charge on any atom is 0.421 e. The number of aliphatic hydroxyl groups is 1. The minimum absolute atomic E-state index is 0.210. The predicted molar refractivity (Wildman–Crippen MR) is 58.6 cm³/mol. The molecule has 1 aliphatic carbocycles. The molecule has 0 aromatic heterocycles. The first-order valence-electron chi connectivity index (χ1n) is 6.00. The first-order chi connectivity index (χ1) is 9.39. The third kappa shape index (κ3) is 4.02. The van der Waals surface area contributed by atoms with Crippen LogP contribution in [-0.4, -0.2) is 37.0 Å². The number of alkyl halides is 5. The zero-order valence-electron chi connectivity index (χ0n) is 10.6. The summed E-state index contributed by atoms with van der Waals surface area (Å²) in [5.74, 6) is -2.48. The van der Waals surface area contributed by atoms with Gasteiger partial charge >= 0.3 is 27.5 Å². The van der Waals surface area contributed by atoms with Crippen molar-refractivity contribution in [3.8, 4) is 0 Å². The molecular weight excluding hydrogens is 327 g/mol. The fourth-order valence-corrected chi connectivity index (χ4v) is 2.77. The Morgan fingerprint density at radius 2 is 1.57 bits per heavy atom. The summed E-state index contributed by atoms with van der Waals surface area (Å²) in [5, 5.41) is 2.76. The summed E-state index contributed by atoms with van der Waals surface area (Å²) in [6.45, 7) is 0. The van der Waals surface area contributed by atoms with Gasteiger partial charge in [-0.15, -0.1) is 0 Å². The molecule has 5 nitrogen and oxygen atoms in total. The van der Waals surface area contributed by atoms with E-state index in [0.717, 1.165) is 6.42 Å². The second-order valence-electron chi connectivity index (χ2n) is 4.70. The molecule has 1 aliphatic rings. The molecule has 21 heavy (non-hydrogen) atoms. The van der Waals surface area contributed by atoms with Crippen molar-refractivity contribution in [1.29, 1.82) is 0 Å². The Morgan fingerprint density at radius 3 is 2.00 bits per heavy atom. The normalized spacial score (nSPS) is 20.1. The van der Waals surface area contributed by atoms with Gasteiger partial charge in [-0.25, -0.2) is 0 Å². The molecule has 0 radical (unpaired) electrons. The molecule has 0 amide bonds. The van der Waals surface area contributed by atoms with Crippen molar-refractivity contribution in [3.63, 3.8) is 0 Å². The molecule has 1 saturated carbocycles. The number of halogens is 5. The van der Waals surface area contributed by atoms with E-state index in [4.69, 9.17) is 5.11 Å². The third-order valence-corrected chi connectivity index (χ3v) is 4.37. The highest BCUT2D eigenvalue weighted by atomic mass is 32.2. The van der Waals surface area contributed by atoms with Gasteiger partial charge in [0.25, 0.3) is 0 Å². The topological polar surface area (TPSA) is 80.7 Å². The lowest BCUT2D eigenvalue weighted by atomic mass is 9.90. The Balaban J connectivity index is 2.87. The highest BCUT2D eigenvalue weighted by Crippen LogP contribution is 2.37. The first-order valence-corrected chi connectivity index (χ1v) is 7.41. The van der Waals surface area contributed by atoms with Crippen molar-refractivity contribution in [3.05, 3.63) is 0 Å². The quantitative estimate of drug-likeness (QED) is 0.625. The second-order valence-corrected chi connectivity index (χ2v) is 6.32. The molecule has 1 atom stereocenters. The number of carbonyl (C=O) groups excluding carboxylic acids is 1. The van der Waals surface area contributed by atoms with Crippen LogP contribution in [0.5, 0.6) is 0 Å². The van der Waals surface area contributed by atoms with Gasteiger partial charge in [-0.3, -0.25) is 4.79 Å². The number of aliphatic hydroxyl groups excluding tert-OH is 1. The third-order valence-electron chi connectivity index (χ3n) is 3.09. The van der Waals surface area contributed by atoms with Gasteiger partial charge in [0.2, 0.25) is 6.10 Å². The Labute approximate surface area is 117 Å². The lowest BCUT2D eigenvalue weighted by molar-refractivity contribution is -0.248. The molecule has 0 bridgehead atoms. The number of rotatable bonds is 4. The molecule has 0 spiro atoms. The van der Waals surface area contributed by atoms with Crippen LogP contribution in [0, 0.1) is 5.92 Å². The van der Waals surface area contributed by atoms with Gasteiger partial charge in [-0.2, -0.15) is 30.4 Å². The van der Waals surface area contributed by atoms with Gasteiger partial charge in [-0.1, -0.05) is 19.3 Å². The monoisotopic (exact) mass is 340 g/mol. The van der Waals surface area contributed by atoms with Gasteiger partial charge in [0.05, 0.1) is 5.92 Å². The van der Waals surface area contributed by atoms with Crippen molar-refractivity contribution in [2.45, 2.75) is 49.6 Å². The molecule has 11 heteroatoms. The Kier molecular flexibility index (Phi) is 5.19. The molecule has 0 saturated heterocycles. The number of carbonyl (C=O) groups is 1. The summed E-state index contributed by atoms with van der Waals surface area (Å²) < 4.78 is 88.3. The van der Waals surface area contributed by atoms with Crippen LogP contribution >= 0.6 is 0 Å². The van der Waals surface area contributed by atoms with E-state index < -0.39 is 39.5 Å². The van der Waals surface area contributed by atoms with Gasteiger partial charge < -0.3 is 9.29 Å². The zero-order valence-corrected chi connectivity index (χ0v) is 11.4. The summed E-state index contributed by atoms with van der Waals surface area (Å²) in [6, 6.07) is 0. The number of hydrogen-bond acceptors (Lipinski definition) is 5. The second kappa shape index (κ2) is 6.03. The Morgan fingerprint density at radius 1 is 1.10 bits per heavy atom. The van der Waals surface area contributed by atoms with E-state index in [-0.39, 0.29) is 12.8 Å². The fraction of sp³-hybridized carbons (Fsp3) is 0.900. The Bertz CT molecular complexity index is 481. The SMILES string of the molecule is O=C(OS(=O)(=O)C(F)(F)C(O)C(F)(F)F)C1CCCCC1. The highest BCUT2D eigenvalue weighted by Gasteiger charge is 2.64. The van der Waals surface area contributed by atoms with Gasteiger partial charge in [-0.05, 0) is 12.8 Å². The van der Waals surface area contributed by atoms with Crippen molar-refractivity contribution >= 4 is 16.1 Å². The largest absolute Gasteiger partial charge is 0.421 e. The van der Waals surface area contributed by atoms with Crippen LogP contribution in [0.25, 0.3) is 0 Å². The van der Waals surface area contributed by atoms with Crippen LogP contribution in [-0.2, 0) is 19.1 Å². The molecule has 0 heterocycles. The maximum atomic E-state index is 13.2. The van der Waals surface area contributed by atoms with Crippen LogP contribution in [0.4, 0.5) is 22.0 Å². The predicted octanol–water partition coefficient (Wildman–Crippen LogP) is 1.96. The fourth-order valence-electron chi connectivity index (χ4n) is 1.90. The summed E-state index contributed by atoms with van der Waals surface area (Å²) >= 11 is 0. The molecular formula is C10H13F5O5S. The minimum atomic E-state index is -6.24. The van der Waals surface area contributed by atoms with E-state index in [1.807, 2.05) is 0 Å².